The fourth-order valence-corrected chi connectivity index (χ4v) is 6.15. The van der Waals surface area contributed by atoms with Gasteiger partial charge in [0.05, 0.1) is 11.4 Å². The van der Waals surface area contributed by atoms with Crippen molar-refractivity contribution in [2.24, 2.45) is 0 Å². The van der Waals surface area contributed by atoms with E-state index in [4.69, 9.17) is 0 Å². The zero-order valence-corrected chi connectivity index (χ0v) is 17.1. The Bertz CT molecular complexity index is 1060. The molecule has 0 saturated heterocycles. The predicted octanol–water partition coefficient (Wildman–Crippen LogP) is 4.75. The summed E-state index contributed by atoms with van der Waals surface area (Å²) in [5.74, 6) is -0.190. The Labute approximate surface area is 164 Å². The maximum Gasteiger partial charge on any atom is 0.224 e. The van der Waals surface area contributed by atoms with Crippen LogP contribution in [0, 0.1) is 13.8 Å². The van der Waals surface area contributed by atoms with Crippen LogP contribution >= 0.6 is 11.3 Å². The number of nitrogens with zero attached hydrogens (tertiary/aromatic N) is 1. The minimum absolute atomic E-state index is 0.190. The molecule has 1 heterocycles. The molecule has 0 saturated carbocycles. The highest BCUT2D eigenvalue weighted by Crippen LogP contribution is 2.41. The van der Waals surface area contributed by atoms with Crippen LogP contribution in [0.2, 0.25) is 0 Å². The quantitative estimate of drug-likeness (QED) is 0.622. The Hall–Kier alpha value is -2.44. The number of hydrogen-bond donors (Lipinski definition) is 0. The third-order valence-corrected chi connectivity index (χ3v) is 7.73. The van der Waals surface area contributed by atoms with E-state index in [0.717, 1.165) is 10.4 Å². The van der Waals surface area contributed by atoms with Gasteiger partial charge in [-0.1, -0.05) is 48.5 Å². The number of anilines is 1. The average Bonchev–Trinajstić information content (AvgIpc) is 2.96. The fraction of sp³-hybridized carbons (Fsp3) is 0.190. The molecule has 6 heteroatoms. The summed E-state index contributed by atoms with van der Waals surface area (Å²) in [5, 5.41) is 0.477. The Morgan fingerprint density at radius 3 is 2.07 bits per heavy atom. The molecule has 3 rings (SSSR count). The van der Waals surface area contributed by atoms with Crippen LogP contribution in [0.3, 0.4) is 0 Å². The molecule has 2 aromatic carbocycles. The molecule has 0 aliphatic carbocycles. The predicted molar refractivity (Wildman–Crippen MR) is 109 cm³/mol. The average molecular weight is 400 g/mol. The van der Waals surface area contributed by atoms with Crippen molar-refractivity contribution in [3.8, 4) is 0 Å². The first-order valence-corrected chi connectivity index (χ1v) is 10.8. The second kappa shape index (κ2) is 7.66. The maximum absolute atomic E-state index is 13.3. The van der Waals surface area contributed by atoms with Gasteiger partial charge >= 0.3 is 0 Å². The third kappa shape index (κ3) is 3.82. The summed E-state index contributed by atoms with van der Waals surface area (Å²) in [6.45, 7) is 5.47. The van der Waals surface area contributed by atoms with Gasteiger partial charge < -0.3 is 0 Å². The normalized spacial score (nSPS) is 11.4. The highest BCUT2D eigenvalue weighted by molar-refractivity contribution is 7.92. The Morgan fingerprint density at radius 1 is 0.963 bits per heavy atom. The first-order valence-electron chi connectivity index (χ1n) is 8.54. The van der Waals surface area contributed by atoms with Crippen molar-refractivity contribution >= 4 is 32.1 Å². The number of amides is 1. The second-order valence-electron chi connectivity index (χ2n) is 6.32. The van der Waals surface area contributed by atoms with Gasteiger partial charge in [-0.2, -0.15) is 0 Å². The van der Waals surface area contributed by atoms with Crippen molar-refractivity contribution < 1.29 is 13.2 Å². The molecule has 0 aliphatic heterocycles. The van der Waals surface area contributed by atoms with Crippen LogP contribution in [0.4, 0.5) is 5.00 Å². The lowest BCUT2D eigenvalue weighted by Gasteiger charge is -2.21. The topological polar surface area (TPSA) is 54.5 Å². The smallest absolute Gasteiger partial charge is 0.224 e. The van der Waals surface area contributed by atoms with E-state index in [-0.39, 0.29) is 15.7 Å². The number of carbonyl (C=O) groups is 1. The molecule has 0 bridgehead atoms. The first kappa shape index (κ1) is 19.3. The molecule has 0 unspecified atom stereocenters. The lowest BCUT2D eigenvalue weighted by atomic mass is 10.2. The molecule has 0 spiro atoms. The van der Waals surface area contributed by atoms with Gasteiger partial charge in [-0.15, -0.1) is 11.3 Å². The van der Waals surface area contributed by atoms with E-state index in [9.17, 15) is 13.2 Å². The number of aryl methyl sites for hydroxylation is 1. The van der Waals surface area contributed by atoms with E-state index in [1.165, 1.54) is 18.3 Å². The largest absolute Gasteiger partial charge is 0.298 e. The molecule has 1 amide bonds. The molecule has 4 nitrogen and oxygen atoms in total. The van der Waals surface area contributed by atoms with Crippen molar-refractivity contribution in [1.29, 1.82) is 0 Å². The summed E-state index contributed by atoms with van der Waals surface area (Å²) in [4.78, 5) is 15.3. The number of carbonyl (C=O) groups excluding carboxylic acids is 1. The van der Waals surface area contributed by atoms with Gasteiger partial charge in [-0.3, -0.25) is 9.69 Å². The summed E-state index contributed by atoms with van der Waals surface area (Å²) < 4.78 is 26.7. The fourth-order valence-electron chi connectivity index (χ4n) is 2.89. The number of thiophene rings is 1. The Kier molecular flexibility index (Phi) is 5.48. The minimum atomic E-state index is -3.73. The number of benzene rings is 2. The highest BCUT2D eigenvalue weighted by Gasteiger charge is 2.31. The molecule has 27 heavy (non-hydrogen) atoms. The van der Waals surface area contributed by atoms with Crippen LogP contribution < -0.4 is 4.90 Å². The summed E-state index contributed by atoms with van der Waals surface area (Å²) in [6, 6.07) is 17.9. The van der Waals surface area contributed by atoms with Gasteiger partial charge in [0.25, 0.3) is 0 Å². The standard InChI is InChI=1S/C21H21NO3S2/c1-15-16(2)26-21(20(15)27(24,25)19-12-8-5-9-13-19)22(17(3)23)14-18-10-6-4-7-11-18/h4-13H,14H2,1-3H3. The molecule has 0 aliphatic rings. The maximum atomic E-state index is 13.3. The van der Waals surface area contributed by atoms with E-state index in [1.54, 1.807) is 42.2 Å². The van der Waals surface area contributed by atoms with Crippen molar-refractivity contribution in [2.45, 2.75) is 37.1 Å². The van der Waals surface area contributed by atoms with Crippen molar-refractivity contribution in [3.63, 3.8) is 0 Å². The van der Waals surface area contributed by atoms with E-state index >= 15 is 0 Å². The third-order valence-electron chi connectivity index (χ3n) is 4.44. The van der Waals surface area contributed by atoms with Gasteiger partial charge in [0.1, 0.15) is 9.90 Å². The minimum Gasteiger partial charge on any atom is -0.298 e. The molecule has 3 aromatic rings. The Balaban J connectivity index is 2.16. The zero-order valence-electron chi connectivity index (χ0n) is 15.5. The molecule has 1 aromatic heterocycles. The van der Waals surface area contributed by atoms with E-state index < -0.39 is 9.84 Å². The molecule has 0 atom stereocenters. The second-order valence-corrected chi connectivity index (χ2v) is 9.41. The van der Waals surface area contributed by atoms with Gasteiger partial charge in [0.15, 0.2) is 0 Å². The molecular weight excluding hydrogens is 378 g/mol. The molecule has 140 valence electrons. The molecule has 0 N–H and O–H groups in total. The summed E-state index contributed by atoms with van der Waals surface area (Å²) in [6.07, 6.45) is 0. The lowest BCUT2D eigenvalue weighted by Crippen LogP contribution is -2.28. The van der Waals surface area contributed by atoms with Crippen molar-refractivity contribution in [2.75, 3.05) is 4.90 Å². The Morgan fingerprint density at radius 2 is 1.52 bits per heavy atom. The van der Waals surface area contributed by atoms with Crippen molar-refractivity contribution in [1.82, 2.24) is 0 Å². The SMILES string of the molecule is CC(=O)N(Cc1ccccc1)c1sc(C)c(C)c1S(=O)(=O)c1ccccc1. The number of hydrogen-bond acceptors (Lipinski definition) is 4. The van der Waals surface area contributed by atoms with Gasteiger partial charge in [-0.25, -0.2) is 8.42 Å². The van der Waals surface area contributed by atoms with E-state index in [2.05, 4.69) is 0 Å². The zero-order chi connectivity index (χ0) is 19.6. The highest BCUT2D eigenvalue weighted by atomic mass is 32.2. The summed E-state index contributed by atoms with van der Waals surface area (Å²) >= 11 is 1.34. The van der Waals surface area contributed by atoms with Crippen LogP contribution in [0.1, 0.15) is 22.9 Å². The van der Waals surface area contributed by atoms with E-state index in [1.807, 2.05) is 37.3 Å². The van der Waals surface area contributed by atoms with Crippen LogP contribution in [0.25, 0.3) is 0 Å². The first-order chi connectivity index (χ1) is 12.8. The van der Waals surface area contributed by atoms with Gasteiger partial charge in [-0.05, 0) is 37.1 Å². The molecular formula is C21H21NO3S2. The van der Waals surface area contributed by atoms with Crippen molar-refractivity contribution in [3.05, 3.63) is 76.7 Å². The van der Waals surface area contributed by atoms with Crippen LogP contribution in [0.5, 0.6) is 0 Å². The molecule has 0 fully saturated rings. The van der Waals surface area contributed by atoms with Crippen LogP contribution in [0.15, 0.2) is 70.5 Å². The lowest BCUT2D eigenvalue weighted by molar-refractivity contribution is -0.116. The summed E-state index contributed by atoms with van der Waals surface area (Å²) in [5.41, 5.74) is 1.64. The summed E-state index contributed by atoms with van der Waals surface area (Å²) in [7, 11) is -3.73. The van der Waals surface area contributed by atoms with Crippen LogP contribution in [-0.2, 0) is 21.2 Å². The van der Waals surface area contributed by atoms with Crippen LogP contribution in [-0.4, -0.2) is 14.3 Å². The monoisotopic (exact) mass is 399 g/mol. The number of sulfone groups is 1. The van der Waals surface area contributed by atoms with Gasteiger partial charge in [0.2, 0.25) is 15.7 Å². The van der Waals surface area contributed by atoms with Gasteiger partial charge in [0, 0.05) is 11.8 Å². The molecule has 0 radical (unpaired) electrons. The number of rotatable bonds is 5. The van der Waals surface area contributed by atoms with E-state index in [0.29, 0.717) is 17.1 Å².